The monoisotopic (exact) mass is 429 g/mol. The number of nitrogens with zero attached hydrogens (tertiary/aromatic N) is 4. The Morgan fingerprint density at radius 1 is 1.28 bits per heavy atom. The van der Waals surface area contributed by atoms with Gasteiger partial charge in [0.25, 0.3) is 5.56 Å². The van der Waals surface area contributed by atoms with Crippen LogP contribution in [0.5, 0.6) is 0 Å². The number of benzene rings is 1. The van der Waals surface area contributed by atoms with E-state index in [4.69, 9.17) is 16.9 Å². The Morgan fingerprint density at radius 3 is 2.59 bits per heavy atom. The SMILES string of the molecule is CC(C)(C#N)n1cc(-c2cnc(N)c(/C(O)=C/C(=N)c3ccc(CN)cc3)n2)ccc1=O. The molecule has 0 spiro atoms. The lowest BCUT2D eigenvalue weighted by molar-refractivity contribution is 0.453. The van der Waals surface area contributed by atoms with E-state index in [0.717, 1.165) is 5.56 Å². The fraction of sp³-hybridized carbons (Fsp3) is 0.174. The van der Waals surface area contributed by atoms with Crippen molar-refractivity contribution in [2.24, 2.45) is 5.73 Å². The van der Waals surface area contributed by atoms with Gasteiger partial charge in [0, 0.05) is 30.4 Å². The number of rotatable bonds is 6. The maximum absolute atomic E-state index is 12.2. The highest BCUT2D eigenvalue weighted by Gasteiger charge is 2.21. The van der Waals surface area contributed by atoms with E-state index in [-0.39, 0.29) is 28.5 Å². The van der Waals surface area contributed by atoms with Crippen LogP contribution in [-0.4, -0.2) is 25.4 Å². The number of nitrogen functional groups attached to an aromatic ring is 1. The fourth-order valence-corrected chi connectivity index (χ4v) is 2.96. The van der Waals surface area contributed by atoms with E-state index in [2.05, 4.69) is 16.0 Å². The van der Waals surface area contributed by atoms with E-state index < -0.39 is 5.54 Å². The Hall–Kier alpha value is -4.29. The smallest absolute Gasteiger partial charge is 0.251 e. The standard InChI is InChI=1S/C23H23N7O2/c1-23(2,13-25)30-12-16(7-8-20(30)32)18-11-28-22(27)21(29-18)19(31)9-17(26)15-5-3-14(10-24)4-6-15/h3-9,11-12,26,31H,10,24H2,1-2H3,(H2,27,28)/b19-9-,26-17?. The summed E-state index contributed by atoms with van der Waals surface area (Å²) in [6, 6.07) is 12.1. The zero-order chi connectivity index (χ0) is 23.5. The third-order valence-corrected chi connectivity index (χ3v) is 4.91. The molecular formula is C23H23N7O2. The molecular weight excluding hydrogens is 406 g/mol. The summed E-state index contributed by atoms with van der Waals surface area (Å²) < 4.78 is 1.30. The van der Waals surface area contributed by atoms with E-state index in [1.165, 1.54) is 29.1 Å². The minimum Gasteiger partial charge on any atom is -0.505 e. The number of aliphatic hydroxyl groups excluding tert-OH is 1. The van der Waals surface area contributed by atoms with Gasteiger partial charge < -0.3 is 22.0 Å². The second kappa shape index (κ2) is 8.83. The number of nitrogens with one attached hydrogen (secondary N) is 1. The average Bonchev–Trinajstić information content (AvgIpc) is 2.79. The molecule has 6 N–H and O–H groups in total. The minimum atomic E-state index is -1.06. The van der Waals surface area contributed by atoms with Crippen LogP contribution in [0.1, 0.15) is 30.7 Å². The number of anilines is 1. The van der Waals surface area contributed by atoms with Gasteiger partial charge in [0.15, 0.2) is 5.82 Å². The molecule has 162 valence electrons. The Kier molecular flexibility index (Phi) is 6.18. The van der Waals surface area contributed by atoms with Crippen LogP contribution in [0.25, 0.3) is 17.0 Å². The quantitative estimate of drug-likeness (QED) is 0.345. The van der Waals surface area contributed by atoms with E-state index in [1.54, 1.807) is 44.2 Å². The summed E-state index contributed by atoms with van der Waals surface area (Å²) >= 11 is 0. The van der Waals surface area contributed by atoms with Crippen LogP contribution < -0.4 is 17.0 Å². The summed E-state index contributed by atoms with van der Waals surface area (Å²) in [6.45, 7) is 3.64. The number of pyridine rings is 1. The van der Waals surface area contributed by atoms with Crippen LogP contribution in [0.4, 0.5) is 5.82 Å². The van der Waals surface area contributed by atoms with Gasteiger partial charge in [-0.25, -0.2) is 9.97 Å². The van der Waals surface area contributed by atoms with Gasteiger partial charge in [-0.3, -0.25) is 9.36 Å². The molecule has 9 heteroatoms. The number of aromatic nitrogens is 3. The molecule has 2 heterocycles. The molecule has 2 aromatic heterocycles. The Balaban J connectivity index is 1.99. The Labute approximate surface area is 184 Å². The molecule has 0 aliphatic rings. The number of nitriles is 1. The topological polar surface area (TPSA) is 168 Å². The molecule has 0 amide bonds. The minimum absolute atomic E-state index is 0.00289. The Bertz CT molecular complexity index is 1300. The summed E-state index contributed by atoms with van der Waals surface area (Å²) in [7, 11) is 0. The first-order valence-corrected chi connectivity index (χ1v) is 9.72. The van der Waals surface area contributed by atoms with Crippen molar-refractivity contribution in [2.45, 2.75) is 25.9 Å². The second-order valence-electron chi connectivity index (χ2n) is 7.63. The van der Waals surface area contributed by atoms with Crippen molar-refractivity contribution in [2.75, 3.05) is 5.73 Å². The van der Waals surface area contributed by atoms with E-state index in [0.29, 0.717) is 23.4 Å². The first-order chi connectivity index (χ1) is 15.2. The number of hydrogen-bond acceptors (Lipinski definition) is 8. The molecule has 0 saturated carbocycles. The summed E-state index contributed by atoms with van der Waals surface area (Å²) in [4.78, 5) is 20.7. The molecule has 9 nitrogen and oxygen atoms in total. The predicted octanol–water partition coefficient (Wildman–Crippen LogP) is 2.57. The number of nitrogens with two attached hydrogens (primary N) is 2. The highest BCUT2D eigenvalue weighted by atomic mass is 16.3. The second-order valence-corrected chi connectivity index (χ2v) is 7.63. The van der Waals surface area contributed by atoms with Crippen molar-refractivity contribution in [3.8, 4) is 17.3 Å². The van der Waals surface area contributed by atoms with Crippen molar-refractivity contribution in [1.82, 2.24) is 14.5 Å². The summed E-state index contributed by atoms with van der Waals surface area (Å²) in [5, 5.41) is 28.2. The van der Waals surface area contributed by atoms with Gasteiger partial charge >= 0.3 is 0 Å². The highest BCUT2D eigenvalue weighted by Crippen LogP contribution is 2.23. The van der Waals surface area contributed by atoms with Crippen molar-refractivity contribution < 1.29 is 5.11 Å². The van der Waals surface area contributed by atoms with Gasteiger partial charge in [0.2, 0.25) is 0 Å². The lowest BCUT2D eigenvalue weighted by Gasteiger charge is -2.19. The van der Waals surface area contributed by atoms with Gasteiger partial charge in [-0.05, 0) is 31.0 Å². The van der Waals surface area contributed by atoms with Crippen LogP contribution in [0.15, 0.2) is 59.7 Å². The first-order valence-electron chi connectivity index (χ1n) is 9.72. The van der Waals surface area contributed by atoms with E-state index >= 15 is 0 Å². The van der Waals surface area contributed by atoms with Crippen LogP contribution in [0.3, 0.4) is 0 Å². The first kappa shape index (κ1) is 22.4. The third kappa shape index (κ3) is 4.55. The molecule has 0 saturated heterocycles. The van der Waals surface area contributed by atoms with Crippen molar-refractivity contribution in [3.63, 3.8) is 0 Å². The summed E-state index contributed by atoms with van der Waals surface area (Å²) in [6.07, 6.45) is 4.16. The normalized spacial score (nSPS) is 11.8. The molecule has 3 rings (SSSR count). The van der Waals surface area contributed by atoms with Gasteiger partial charge in [0.05, 0.1) is 23.7 Å². The Morgan fingerprint density at radius 2 is 1.97 bits per heavy atom. The molecule has 0 aliphatic heterocycles. The maximum atomic E-state index is 12.2. The van der Waals surface area contributed by atoms with Crippen molar-refractivity contribution in [1.29, 1.82) is 10.7 Å². The predicted molar refractivity (Wildman–Crippen MR) is 123 cm³/mol. The van der Waals surface area contributed by atoms with Gasteiger partial charge in [-0.2, -0.15) is 5.26 Å². The molecule has 0 unspecified atom stereocenters. The number of aliphatic hydroxyl groups is 1. The van der Waals surface area contributed by atoms with Crippen LogP contribution in [-0.2, 0) is 12.1 Å². The lowest BCUT2D eigenvalue weighted by atomic mass is 10.1. The molecule has 0 radical (unpaired) electrons. The van der Waals surface area contributed by atoms with Crippen molar-refractivity contribution >= 4 is 17.3 Å². The molecule has 3 aromatic rings. The van der Waals surface area contributed by atoms with Gasteiger partial charge in [0.1, 0.15) is 17.0 Å². The molecule has 0 atom stereocenters. The average molecular weight is 429 g/mol. The zero-order valence-electron chi connectivity index (χ0n) is 17.7. The molecule has 1 aromatic carbocycles. The lowest BCUT2D eigenvalue weighted by Crippen LogP contribution is -2.34. The van der Waals surface area contributed by atoms with Gasteiger partial charge in [-0.1, -0.05) is 24.3 Å². The third-order valence-electron chi connectivity index (χ3n) is 4.91. The highest BCUT2D eigenvalue weighted by molar-refractivity contribution is 6.09. The van der Waals surface area contributed by atoms with E-state index in [1.807, 2.05) is 0 Å². The van der Waals surface area contributed by atoms with E-state index in [9.17, 15) is 15.2 Å². The van der Waals surface area contributed by atoms with Crippen LogP contribution in [0.2, 0.25) is 0 Å². The van der Waals surface area contributed by atoms with Crippen molar-refractivity contribution in [3.05, 3.63) is 82.0 Å². The van der Waals surface area contributed by atoms with Gasteiger partial charge in [-0.15, -0.1) is 0 Å². The van der Waals surface area contributed by atoms with Crippen LogP contribution >= 0.6 is 0 Å². The number of allylic oxidation sites excluding steroid dienone is 1. The molecule has 0 bridgehead atoms. The zero-order valence-corrected chi connectivity index (χ0v) is 17.7. The fourth-order valence-electron chi connectivity index (χ4n) is 2.96. The molecule has 0 fully saturated rings. The van der Waals surface area contributed by atoms with Crippen LogP contribution in [0, 0.1) is 16.7 Å². The molecule has 32 heavy (non-hydrogen) atoms. The number of hydrogen-bond donors (Lipinski definition) is 4. The summed E-state index contributed by atoms with van der Waals surface area (Å²) in [5.41, 5.74) is 12.5. The maximum Gasteiger partial charge on any atom is 0.251 e. The largest absolute Gasteiger partial charge is 0.505 e. The summed E-state index contributed by atoms with van der Waals surface area (Å²) in [5.74, 6) is -0.338. The molecule has 0 aliphatic carbocycles.